The second-order valence-corrected chi connectivity index (χ2v) is 13.2. The smallest absolute Gasteiger partial charge is 0.227 e. The lowest BCUT2D eigenvalue weighted by Gasteiger charge is -2.56. The zero-order chi connectivity index (χ0) is 30.1. The van der Waals surface area contributed by atoms with E-state index in [-0.39, 0.29) is 41.7 Å². The van der Waals surface area contributed by atoms with E-state index in [0.717, 1.165) is 61.2 Å². The van der Waals surface area contributed by atoms with Crippen molar-refractivity contribution in [2.24, 2.45) is 0 Å². The van der Waals surface area contributed by atoms with Gasteiger partial charge >= 0.3 is 0 Å². The van der Waals surface area contributed by atoms with E-state index in [4.69, 9.17) is 9.47 Å². The maximum Gasteiger partial charge on any atom is 0.227 e. The molecule has 2 bridgehead atoms. The molecule has 7 rings (SSSR count). The number of piperidine rings is 3. The molecule has 0 aromatic heterocycles. The van der Waals surface area contributed by atoms with Gasteiger partial charge in [0.15, 0.2) is 11.6 Å². The maximum absolute atomic E-state index is 14.6. The Kier molecular flexibility index (Phi) is 11.0. The Bertz CT molecular complexity index is 1430. The summed E-state index contributed by atoms with van der Waals surface area (Å²) in [7, 11) is 0. The van der Waals surface area contributed by atoms with E-state index in [1.807, 2.05) is 43.0 Å². The molecule has 6 nitrogen and oxygen atoms in total. The minimum atomic E-state index is -0.899. The van der Waals surface area contributed by atoms with Crippen molar-refractivity contribution in [2.75, 3.05) is 45.9 Å². The standard InChI is InChI=1S/C36H43F2N2O3.ClH.H2O/c1-27(2)43-31-10-6-7-28(23-31)24-34(41)39-17-22-42-36(26-39,30-11-12-32(37)33(38)25-30)16-21-40-18-13-35(14-19-40,15-20-40)29-8-4-3-5-9-29;;/h3-12,23,25,27H,13-22,24,26H2,1-2H3;1H;1H2/q+1;;/p-1. The number of carbonyl (C=O) groups excluding carboxylic acids is 1. The number of quaternary nitrogens is 1. The Hall–Kier alpha value is -3.04. The third-order valence-electron chi connectivity index (χ3n) is 10.2. The van der Waals surface area contributed by atoms with Gasteiger partial charge in [-0.3, -0.25) is 4.79 Å². The Labute approximate surface area is 271 Å². The molecule has 3 aromatic carbocycles. The molecular weight excluding hydrogens is 598 g/mol. The van der Waals surface area contributed by atoms with Crippen LogP contribution in [-0.2, 0) is 27.0 Å². The molecule has 0 saturated carbocycles. The van der Waals surface area contributed by atoms with Crippen LogP contribution in [0.25, 0.3) is 0 Å². The SMILES string of the molecule is CC(C)Oc1cccc(CC(=O)N2CCOC(CC[N+]34CCC(c5ccccc5)(CC3)CC4)(c3ccc(F)c(F)c3)C2)c1.O.[Cl-]. The third kappa shape index (κ3) is 7.35. The van der Waals surface area contributed by atoms with Crippen LogP contribution in [-0.4, -0.2) is 72.7 Å². The van der Waals surface area contributed by atoms with Crippen molar-refractivity contribution >= 4 is 5.91 Å². The van der Waals surface area contributed by atoms with Crippen molar-refractivity contribution < 1.29 is 45.4 Å². The number of carbonyl (C=O) groups is 1. The number of fused-ring (bicyclic) bond motifs is 3. The van der Waals surface area contributed by atoms with E-state index in [2.05, 4.69) is 30.3 Å². The van der Waals surface area contributed by atoms with E-state index in [0.29, 0.717) is 31.7 Å². The Morgan fingerprint density at radius 1 is 0.933 bits per heavy atom. The molecule has 4 aliphatic rings. The van der Waals surface area contributed by atoms with Crippen molar-refractivity contribution in [3.8, 4) is 5.75 Å². The molecule has 0 aliphatic carbocycles. The van der Waals surface area contributed by atoms with E-state index in [9.17, 15) is 13.6 Å². The van der Waals surface area contributed by atoms with Gasteiger partial charge in [-0.1, -0.05) is 48.5 Å². The highest BCUT2D eigenvalue weighted by Crippen LogP contribution is 2.47. The van der Waals surface area contributed by atoms with E-state index < -0.39 is 17.2 Å². The van der Waals surface area contributed by atoms with Gasteiger partial charge in [0.2, 0.25) is 5.91 Å². The number of hydrogen-bond acceptors (Lipinski definition) is 3. The van der Waals surface area contributed by atoms with Gasteiger partial charge in [-0.2, -0.15) is 0 Å². The number of rotatable bonds is 9. The molecule has 4 heterocycles. The topological polar surface area (TPSA) is 70.3 Å². The normalized spacial score (nSPS) is 25.8. The van der Waals surface area contributed by atoms with Gasteiger partial charge in [0.1, 0.15) is 11.4 Å². The molecule has 3 aromatic rings. The molecule has 45 heavy (non-hydrogen) atoms. The summed E-state index contributed by atoms with van der Waals surface area (Å²) in [6.07, 6.45) is 4.38. The van der Waals surface area contributed by atoms with Gasteiger partial charge in [-0.15, -0.1) is 0 Å². The van der Waals surface area contributed by atoms with Crippen LogP contribution in [0.5, 0.6) is 5.75 Å². The summed E-state index contributed by atoms with van der Waals surface area (Å²) in [5.74, 6) is -1.03. The van der Waals surface area contributed by atoms with E-state index in [1.165, 1.54) is 17.7 Å². The fourth-order valence-corrected chi connectivity index (χ4v) is 7.58. The first-order chi connectivity index (χ1) is 20.7. The highest BCUT2D eigenvalue weighted by Gasteiger charge is 2.51. The first-order valence-corrected chi connectivity index (χ1v) is 15.7. The summed E-state index contributed by atoms with van der Waals surface area (Å²) in [5.41, 5.74) is 2.30. The highest BCUT2D eigenvalue weighted by atomic mass is 35.5. The van der Waals surface area contributed by atoms with Gasteiger partial charge < -0.3 is 36.7 Å². The Balaban J connectivity index is 0.00000230. The van der Waals surface area contributed by atoms with E-state index in [1.54, 1.807) is 6.07 Å². The largest absolute Gasteiger partial charge is 1.00 e. The second kappa shape index (κ2) is 14.2. The summed E-state index contributed by atoms with van der Waals surface area (Å²) in [5, 5.41) is 0. The van der Waals surface area contributed by atoms with Crippen LogP contribution < -0.4 is 17.1 Å². The van der Waals surface area contributed by atoms with Crippen molar-refractivity contribution in [1.29, 1.82) is 0 Å². The zero-order valence-corrected chi connectivity index (χ0v) is 27.0. The maximum atomic E-state index is 14.6. The Morgan fingerprint density at radius 3 is 2.31 bits per heavy atom. The number of ether oxygens (including phenoxy) is 2. The summed E-state index contributed by atoms with van der Waals surface area (Å²) >= 11 is 0. The quantitative estimate of drug-likeness (QED) is 0.337. The van der Waals surface area contributed by atoms with Gasteiger partial charge in [-0.25, -0.2) is 8.78 Å². The average molecular weight is 643 g/mol. The zero-order valence-electron chi connectivity index (χ0n) is 26.2. The molecule has 4 saturated heterocycles. The van der Waals surface area contributed by atoms with Crippen LogP contribution in [0.3, 0.4) is 0 Å². The van der Waals surface area contributed by atoms with Crippen LogP contribution in [0.15, 0.2) is 72.8 Å². The number of benzene rings is 3. The molecule has 244 valence electrons. The van der Waals surface area contributed by atoms with Crippen LogP contribution in [0.1, 0.15) is 56.2 Å². The van der Waals surface area contributed by atoms with Gasteiger partial charge in [0, 0.05) is 37.6 Å². The van der Waals surface area contributed by atoms with Crippen LogP contribution in [0.4, 0.5) is 8.78 Å². The molecule has 9 heteroatoms. The minimum absolute atomic E-state index is 0. The first-order valence-electron chi connectivity index (χ1n) is 15.7. The van der Waals surface area contributed by atoms with Crippen LogP contribution >= 0.6 is 0 Å². The number of hydrogen-bond donors (Lipinski definition) is 0. The minimum Gasteiger partial charge on any atom is -1.00 e. The lowest BCUT2D eigenvalue weighted by molar-refractivity contribution is -0.944. The average Bonchev–Trinajstić information content (AvgIpc) is 3.03. The molecule has 4 fully saturated rings. The predicted molar refractivity (Wildman–Crippen MR) is 166 cm³/mol. The van der Waals surface area contributed by atoms with Crippen molar-refractivity contribution in [3.05, 3.63) is 101 Å². The summed E-state index contributed by atoms with van der Waals surface area (Å²) in [6, 6.07) is 22.7. The second-order valence-electron chi connectivity index (χ2n) is 13.2. The number of halogens is 3. The molecule has 1 amide bonds. The van der Waals surface area contributed by atoms with Crippen LogP contribution in [0, 0.1) is 11.6 Å². The van der Waals surface area contributed by atoms with Gasteiger partial charge in [0.25, 0.3) is 0 Å². The third-order valence-corrected chi connectivity index (χ3v) is 10.2. The monoisotopic (exact) mass is 642 g/mol. The van der Waals surface area contributed by atoms with Crippen molar-refractivity contribution in [1.82, 2.24) is 4.90 Å². The molecule has 4 aliphatic heterocycles. The number of morpholine rings is 1. The lowest BCUT2D eigenvalue weighted by Crippen LogP contribution is -3.00. The predicted octanol–water partition coefficient (Wildman–Crippen LogP) is 2.57. The highest BCUT2D eigenvalue weighted by molar-refractivity contribution is 5.79. The number of nitrogens with zero attached hydrogens (tertiary/aromatic N) is 2. The fourth-order valence-electron chi connectivity index (χ4n) is 7.58. The fraction of sp³-hybridized carbons (Fsp3) is 0.472. The van der Waals surface area contributed by atoms with Crippen molar-refractivity contribution in [2.45, 2.75) is 63.1 Å². The molecule has 0 radical (unpaired) electrons. The molecule has 0 spiro atoms. The van der Waals surface area contributed by atoms with E-state index >= 15 is 0 Å². The molecular formula is C36H45ClF2N2O4. The van der Waals surface area contributed by atoms with Gasteiger partial charge in [0.05, 0.1) is 51.9 Å². The molecule has 1 atom stereocenters. The Morgan fingerprint density at radius 2 is 1.64 bits per heavy atom. The van der Waals surface area contributed by atoms with Crippen LogP contribution in [0.2, 0.25) is 0 Å². The lowest BCUT2D eigenvalue weighted by atomic mass is 9.66. The summed E-state index contributed by atoms with van der Waals surface area (Å²) < 4.78 is 42.0. The van der Waals surface area contributed by atoms with Crippen molar-refractivity contribution in [3.63, 3.8) is 0 Å². The summed E-state index contributed by atoms with van der Waals surface area (Å²) in [6.45, 7) is 9.24. The first kappa shape index (κ1) is 34.8. The summed E-state index contributed by atoms with van der Waals surface area (Å²) in [4.78, 5) is 15.5. The van der Waals surface area contributed by atoms with Gasteiger partial charge in [-0.05, 0) is 54.8 Å². The molecule has 1 unspecified atom stereocenters. The number of amides is 1. The molecule has 2 N–H and O–H groups in total.